The highest BCUT2D eigenvalue weighted by atomic mass is 16.5. The second kappa shape index (κ2) is 3.77. The van der Waals surface area contributed by atoms with Gasteiger partial charge >= 0.3 is 0 Å². The van der Waals surface area contributed by atoms with Gasteiger partial charge in [-0.15, -0.1) is 0 Å². The van der Waals surface area contributed by atoms with Gasteiger partial charge in [-0.2, -0.15) is 0 Å². The predicted octanol–water partition coefficient (Wildman–Crippen LogP) is 2.58. The highest BCUT2D eigenvalue weighted by molar-refractivity contribution is 5.16. The average molecular weight is 177 g/mol. The lowest BCUT2D eigenvalue weighted by molar-refractivity contribution is 0.114. The van der Waals surface area contributed by atoms with E-state index in [1.807, 2.05) is 18.2 Å². The van der Waals surface area contributed by atoms with Crippen LogP contribution in [0.1, 0.15) is 31.9 Å². The molecule has 0 N–H and O–H groups in total. The molecule has 0 radical (unpaired) electrons. The molecule has 2 heteroatoms. The fourth-order valence-electron chi connectivity index (χ4n) is 1.38. The molecule has 1 aromatic rings. The maximum atomic E-state index is 5.68. The van der Waals surface area contributed by atoms with Crippen LogP contribution in [0.15, 0.2) is 18.2 Å². The first-order chi connectivity index (χ1) is 6.38. The molecule has 0 atom stereocenters. The zero-order valence-corrected chi connectivity index (χ0v) is 7.99. The minimum Gasteiger partial charge on any atom is -0.474 e. The quantitative estimate of drug-likeness (QED) is 0.708. The molecular weight excluding hydrogens is 162 g/mol. The van der Waals surface area contributed by atoms with E-state index >= 15 is 0 Å². The summed E-state index contributed by atoms with van der Waals surface area (Å²) in [6.07, 6.45) is 5.09. The number of aromatic nitrogens is 1. The Bertz CT molecular complexity index is 281. The molecule has 1 aliphatic rings. The molecule has 1 heterocycles. The van der Waals surface area contributed by atoms with E-state index in [1.54, 1.807) is 0 Å². The van der Waals surface area contributed by atoms with Crippen molar-refractivity contribution < 1.29 is 4.74 Å². The Morgan fingerprint density at radius 2 is 2.31 bits per heavy atom. The van der Waals surface area contributed by atoms with Crippen molar-refractivity contribution in [3.05, 3.63) is 23.9 Å². The number of nitrogens with zero attached hydrogens (tertiary/aromatic N) is 1. The van der Waals surface area contributed by atoms with Gasteiger partial charge in [0.05, 0.1) is 0 Å². The van der Waals surface area contributed by atoms with Gasteiger partial charge in [0, 0.05) is 11.8 Å². The zero-order chi connectivity index (χ0) is 9.10. The van der Waals surface area contributed by atoms with E-state index in [0.717, 1.165) is 18.0 Å². The molecule has 0 spiro atoms. The topological polar surface area (TPSA) is 22.1 Å². The Hall–Kier alpha value is -1.05. The normalized spacial score (nSPS) is 16.7. The van der Waals surface area contributed by atoms with E-state index in [1.165, 1.54) is 19.3 Å². The summed E-state index contributed by atoms with van der Waals surface area (Å²) in [7, 11) is 0. The molecule has 0 saturated heterocycles. The number of ether oxygens (including phenoxy) is 1. The standard InChI is InChI=1S/C11H15NO/c1-2-9-5-3-8-11(12-9)13-10-6-4-7-10/h3,5,8,10H,2,4,6-7H2,1H3. The van der Waals surface area contributed by atoms with Crippen molar-refractivity contribution in [2.24, 2.45) is 0 Å². The van der Waals surface area contributed by atoms with E-state index in [0.29, 0.717) is 6.10 Å². The summed E-state index contributed by atoms with van der Waals surface area (Å²) in [6.45, 7) is 2.11. The third-order valence-corrected chi connectivity index (χ3v) is 2.48. The Labute approximate surface area is 78.9 Å². The summed E-state index contributed by atoms with van der Waals surface area (Å²) < 4.78 is 5.68. The van der Waals surface area contributed by atoms with Gasteiger partial charge in [0.2, 0.25) is 5.88 Å². The van der Waals surface area contributed by atoms with Crippen molar-refractivity contribution in [1.82, 2.24) is 4.98 Å². The van der Waals surface area contributed by atoms with Crippen LogP contribution >= 0.6 is 0 Å². The van der Waals surface area contributed by atoms with Gasteiger partial charge in [0.1, 0.15) is 6.10 Å². The van der Waals surface area contributed by atoms with E-state index < -0.39 is 0 Å². The summed E-state index contributed by atoms with van der Waals surface area (Å²) in [5.74, 6) is 0.795. The van der Waals surface area contributed by atoms with E-state index in [2.05, 4.69) is 11.9 Å². The lowest BCUT2D eigenvalue weighted by atomic mass is 9.96. The van der Waals surface area contributed by atoms with E-state index in [9.17, 15) is 0 Å². The Morgan fingerprint density at radius 1 is 1.46 bits per heavy atom. The third kappa shape index (κ3) is 2.00. The second-order valence-corrected chi connectivity index (χ2v) is 3.49. The SMILES string of the molecule is CCc1cccc(OC2CCC2)n1. The molecule has 13 heavy (non-hydrogen) atoms. The molecule has 1 aromatic heterocycles. The maximum absolute atomic E-state index is 5.68. The number of hydrogen-bond donors (Lipinski definition) is 0. The summed E-state index contributed by atoms with van der Waals surface area (Å²) in [5.41, 5.74) is 1.11. The van der Waals surface area contributed by atoms with Crippen molar-refractivity contribution in [3.8, 4) is 5.88 Å². The summed E-state index contributed by atoms with van der Waals surface area (Å²) >= 11 is 0. The smallest absolute Gasteiger partial charge is 0.213 e. The molecule has 70 valence electrons. The molecule has 0 unspecified atom stereocenters. The van der Waals surface area contributed by atoms with Crippen LogP contribution in [0.25, 0.3) is 0 Å². The van der Waals surface area contributed by atoms with E-state index in [-0.39, 0.29) is 0 Å². The summed E-state index contributed by atoms with van der Waals surface area (Å²) in [6, 6.07) is 5.99. The summed E-state index contributed by atoms with van der Waals surface area (Å²) in [5, 5.41) is 0. The van der Waals surface area contributed by atoms with Crippen molar-refractivity contribution in [2.45, 2.75) is 38.7 Å². The van der Waals surface area contributed by atoms with Crippen molar-refractivity contribution in [3.63, 3.8) is 0 Å². The van der Waals surface area contributed by atoms with Crippen LogP contribution in [-0.4, -0.2) is 11.1 Å². The number of hydrogen-bond acceptors (Lipinski definition) is 2. The molecule has 1 saturated carbocycles. The molecule has 1 aliphatic carbocycles. The molecule has 2 nitrogen and oxygen atoms in total. The molecular formula is C11H15NO. The number of aryl methyl sites for hydroxylation is 1. The van der Waals surface area contributed by atoms with Gasteiger partial charge in [-0.1, -0.05) is 13.0 Å². The molecule has 1 fully saturated rings. The van der Waals surface area contributed by atoms with E-state index in [4.69, 9.17) is 4.74 Å². The van der Waals surface area contributed by atoms with Crippen molar-refractivity contribution in [2.75, 3.05) is 0 Å². The molecule has 2 rings (SSSR count). The molecule has 0 aliphatic heterocycles. The average Bonchev–Trinajstić information content (AvgIpc) is 2.12. The van der Waals surface area contributed by atoms with Gasteiger partial charge in [0.15, 0.2) is 0 Å². The Balaban J connectivity index is 2.01. The fourth-order valence-corrected chi connectivity index (χ4v) is 1.38. The minimum atomic E-state index is 0.430. The van der Waals surface area contributed by atoms with Crippen LogP contribution in [0.5, 0.6) is 5.88 Å². The second-order valence-electron chi connectivity index (χ2n) is 3.49. The van der Waals surface area contributed by atoms with Crippen LogP contribution in [0.4, 0.5) is 0 Å². The van der Waals surface area contributed by atoms with Gasteiger partial charge in [0.25, 0.3) is 0 Å². The Kier molecular flexibility index (Phi) is 2.48. The first-order valence-corrected chi connectivity index (χ1v) is 5.01. The van der Waals surface area contributed by atoms with Gasteiger partial charge < -0.3 is 4.74 Å². The zero-order valence-electron chi connectivity index (χ0n) is 7.99. The predicted molar refractivity (Wildman–Crippen MR) is 51.9 cm³/mol. The lowest BCUT2D eigenvalue weighted by Gasteiger charge is -2.25. The Morgan fingerprint density at radius 3 is 2.92 bits per heavy atom. The van der Waals surface area contributed by atoms with Gasteiger partial charge in [-0.25, -0.2) is 4.98 Å². The third-order valence-electron chi connectivity index (χ3n) is 2.48. The molecule has 0 amide bonds. The largest absolute Gasteiger partial charge is 0.474 e. The first kappa shape index (κ1) is 8.54. The number of pyridine rings is 1. The first-order valence-electron chi connectivity index (χ1n) is 5.01. The van der Waals surface area contributed by atoms with Crippen molar-refractivity contribution >= 4 is 0 Å². The van der Waals surface area contributed by atoms with Crippen LogP contribution in [0.3, 0.4) is 0 Å². The lowest BCUT2D eigenvalue weighted by Crippen LogP contribution is -2.25. The van der Waals surface area contributed by atoms with Crippen LogP contribution in [-0.2, 0) is 6.42 Å². The number of rotatable bonds is 3. The van der Waals surface area contributed by atoms with Gasteiger partial charge in [-0.3, -0.25) is 0 Å². The fraction of sp³-hybridized carbons (Fsp3) is 0.545. The highest BCUT2D eigenvalue weighted by Gasteiger charge is 2.19. The molecule has 0 bridgehead atoms. The van der Waals surface area contributed by atoms with Crippen LogP contribution < -0.4 is 4.74 Å². The highest BCUT2D eigenvalue weighted by Crippen LogP contribution is 2.23. The van der Waals surface area contributed by atoms with Crippen molar-refractivity contribution in [1.29, 1.82) is 0 Å². The molecule has 0 aromatic carbocycles. The maximum Gasteiger partial charge on any atom is 0.213 e. The van der Waals surface area contributed by atoms with Gasteiger partial charge in [-0.05, 0) is 31.7 Å². The van der Waals surface area contributed by atoms with Crippen LogP contribution in [0.2, 0.25) is 0 Å². The summed E-state index contributed by atoms with van der Waals surface area (Å²) in [4.78, 5) is 4.39. The van der Waals surface area contributed by atoms with Crippen LogP contribution in [0, 0.1) is 0 Å². The monoisotopic (exact) mass is 177 g/mol. The minimum absolute atomic E-state index is 0.430.